The monoisotopic (exact) mass is 526 g/mol. The van der Waals surface area contributed by atoms with E-state index in [4.69, 9.17) is 49.7 Å². The van der Waals surface area contributed by atoms with Crippen molar-refractivity contribution >= 4 is 51.7 Å². The zero-order valence-electron chi connectivity index (χ0n) is 27.0. The number of nitrogens with zero attached hydrogens (tertiary/aromatic N) is 3. The van der Waals surface area contributed by atoms with Gasteiger partial charge in [-0.05, 0) is 12.1 Å². The number of rotatable bonds is 9. The molecule has 35 heavy (non-hydrogen) atoms. The van der Waals surface area contributed by atoms with E-state index in [-0.39, 0.29) is 74.7 Å². The van der Waals surface area contributed by atoms with Crippen LogP contribution in [0.3, 0.4) is 0 Å². The Balaban J connectivity index is 1.85. The maximum absolute atomic E-state index is 11.9. The number of fused-ring (bicyclic) bond motifs is 1. The maximum Gasteiger partial charge on any atom is 0.223 e. The van der Waals surface area contributed by atoms with Crippen molar-refractivity contribution in [1.82, 2.24) is 15.0 Å². The molecule has 0 spiro atoms. The molecule has 9 nitrogen and oxygen atoms in total. The Bertz CT molecular complexity index is 1540. The molecule has 0 aliphatic carbocycles. The number of carbonyl (C=O) groups is 1. The van der Waals surface area contributed by atoms with Gasteiger partial charge in [-0.3, -0.25) is 4.79 Å². The van der Waals surface area contributed by atoms with E-state index in [2.05, 4.69) is 32.2 Å². The van der Waals surface area contributed by atoms with E-state index in [0.717, 1.165) is 6.07 Å². The van der Waals surface area contributed by atoms with Gasteiger partial charge in [-0.1, -0.05) is 29.8 Å². The second-order valence-electron chi connectivity index (χ2n) is 7.62. The lowest BCUT2D eigenvalue weighted by Crippen LogP contribution is -2.30. The van der Waals surface area contributed by atoms with Crippen LogP contribution in [0.15, 0.2) is 31.0 Å². The lowest BCUT2D eigenvalue weighted by atomic mass is 9.97. The van der Waals surface area contributed by atoms with Crippen molar-refractivity contribution in [1.29, 1.82) is 0 Å². The van der Waals surface area contributed by atoms with Gasteiger partial charge >= 0.3 is 0 Å². The fraction of sp³-hybridized carbons (Fsp3) is 0.333. The Morgan fingerprint density at radius 2 is 2.03 bits per heavy atom. The minimum Gasteiger partial charge on any atom is -0.495 e. The smallest absolute Gasteiger partial charge is 0.223 e. The molecule has 0 amide bonds. The third kappa shape index (κ3) is 4.98. The number of halogens is 2. The Kier molecular flexibility index (Phi) is 4.79. The molecule has 1 aromatic carbocycles. The van der Waals surface area contributed by atoms with Gasteiger partial charge in [0.15, 0.2) is 11.6 Å². The highest BCUT2D eigenvalue weighted by atomic mass is 35.5. The fourth-order valence-corrected chi connectivity index (χ4v) is 4.37. The highest BCUT2D eigenvalue weighted by molar-refractivity contribution is 6.41. The SMILES string of the molecule is [2H]C([2H])([2H])Nc1nc(-c2c(Cl)c(OC([2H])([2H])[2H])cc(OC([2H])([2H])[2H])c2Cl)cc2cnc(N[C@@H]3COC[C@@H]3CC(=O)C=C)nc12. The number of allylic oxidation sites excluding steroid dienone is 1. The zero-order chi connectivity index (χ0) is 32.6. The van der Waals surface area contributed by atoms with Gasteiger partial charge in [0.25, 0.3) is 0 Å². The van der Waals surface area contributed by atoms with Gasteiger partial charge in [0.2, 0.25) is 5.95 Å². The Labute approximate surface area is 225 Å². The number of carbonyl (C=O) groups excluding carboxylic acids is 1. The molecule has 11 heteroatoms. The number of benzene rings is 1. The summed E-state index contributed by atoms with van der Waals surface area (Å²) < 4.78 is 83.5. The van der Waals surface area contributed by atoms with Crippen LogP contribution in [0.4, 0.5) is 11.8 Å². The summed E-state index contributed by atoms with van der Waals surface area (Å²) in [6, 6.07) is 1.98. The molecule has 1 fully saturated rings. The van der Waals surface area contributed by atoms with Crippen LogP contribution in [-0.4, -0.2) is 61.0 Å². The average Bonchev–Trinajstić information content (AvgIpc) is 3.31. The van der Waals surface area contributed by atoms with Gasteiger partial charge in [-0.15, -0.1) is 0 Å². The van der Waals surface area contributed by atoms with Crippen molar-refractivity contribution in [2.45, 2.75) is 12.5 Å². The van der Waals surface area contributed by atoms with Gasteiger partial charge in [-0.2, -0.15) is 0 Å². The van der Waals surface area contributed by atoms with E-state index in [1.165, 1.54) is 18.3 Å². The van der Waals surface area contributed by atoms with Gasteiger partial charge in [0, 0.05) is 46.6 Å². The van der Waals surface area contributed by atoms with Crippen LogP contribution in [0, 0.1) is 5.92 Å². The summed E-state index contributed by atoms with van der Waals surface area (Å²) in [5, 5.41) is 4.94. The lowest BCUT2D eigenvalue weighted by Gasteiger charge is -2.19. The number of methoxy groups -OCH3 is 2. The molecule has 3 heterocycles. The van der Waals surface area contributed by atoms with E-state index >= 15 is 0 Å². The van der Waals surface area contributed by atoms with E-state index in [0.29, 0.717) is 6.61 Å². The van der Waals surface area contributed by atoms with Crippen molar-refractivity contribution in [3.8, 4) is 22.8 Å². The molecule has 0 bridgehead atoms. The molecule has 3 aromatic rings. The van der Waals surface area contributed by atoms with Gasteiger partial charge in [0.05, 0.1) is 57.3 Å². The van der Waals surface area contributed by atoms with Crippen molar-refractivity contribution in [3.63, 3.8) is 0 Å². The molecule has 184 valence electrons. The normalized spacial score (nSPS) is 22.2. The summed E-state index contributed by atoms with van der Waals surface area (Å²) in [7, 11) is -5.98. The first-order valence-electron chi connectivity index (χ1n) is 14.7. The van der Waals surface area contributed by atoms with E-state index < -0.39 is 32.6 Å². The summed E-state index contributed by atoms with van der Waals surface area (Å²) in [6.07, 6.45) is 2.80. The van der Waals surface area contributed by atoms with Crippen LogP contribution in [0.1, 0.15) is 18.8 Å². The molecule has 0 unspecified atom stereocenters. The molecule has 0 saturated carbocycles. The summed E-state index contributed by atoms with van der Waals surface area (Å²) >= 11 is 13.0. The zero-order valence-corrected chi connectivity index (χ0v) is 19.5. The van der Waals surface area contributed by atoms with Crippen LogP contribution >= 0.6 is 23.2 Å². The van der Waals surface area contributed by atoms with E-state index in [1.54, 1.807) is 0 Å². The molecular formula is C24H25Cl2N5O4. The molecule has 4 rings (SSSR count). The van der Waals surface area contributed by atoms with E-state index in [9.17, 15) is 4.79 Å². The summed E-state index contributed by atoms with van der Waals surface area (Å²) in [4.78, 5) is 25.0. The van der Waals surface area contributed by atoms with Crippen LogP contribution < -0.4 is 20.1 Å². The van der Waals surface area contributed by atoms with Crippen LogP contribution in [-0.2, 0) is 9.53 Å². The first-order chi connectivity index (χ1) is 20.3. The molecule has 2 aromatic heterocycles. The number of hydrogen-bond acceptors (Lipinski definition) is 9. The summed E-state index contributed by atoms with van der Waals surface area (Å²) in [5.41, 5.74) is -0.242. The second kappa shape index (κ2) is 10.6. The first-order valence-corrected chi connectivity index (χ1v) is 10.9. The lowest BCUT2D eigenvalue weighted by molar-refractivity contribution is -0.115. The fourth-order valence-electron chi connectivity index (χ4n) is 3.75. The molecule has 1 saturated heterocycles. The minimum atomic E-state index is -2.99. The Morgan fingerprint density at radius 1 is 1.26 bits per heavy atom. The molecule has 2 atom stereocenters. The third-order valence-corrected chi connectivity index (χ3v) is 6.25. The molecule has 0 radical (unpaired) electrons. The van der Waals surface area contributed by atoms with Gasteiger partial charge < -0.3 is 24.8 Å². The van der Waals surface area contributed by atoms with Crippen LogP contribution in [0.2, 0.25) is 10.0 Å². The van der Waals surface area contributed by atoms with Crippen molar-refractivity contribution < 1.29 is 31.3 Å². The summed E-state index contributed by atoms with van der Waals surface area (Å²) in [6.45, 7) is 1.35. The van der Waals surface area contributed by atoms with Crippen molar-refractivity contribution in [2.75, 3.05) is 44.9 Å². The quantitative estimate of drug-likeness (QED) is 0.385. The number of pyridine rings is 1. The maximum atomic E-state index is 11.9. The predicted octanol–water partition coefficient (Wildman–Crippen LogP) is 4.63. The van der Waals surface area contributed by atoms with Crippen LogP contribution in [0.5, 0.6) is 11.5 Å². The standard InChI is InChI=1S/C24H25Cl2N5O4/c1-5-14(32)6-13-10-35-11-16(13)30-24-28-9-12-7-15(29-23(27-2)22(12)31-24)19-20(25)17(33-3)8-18(34-4)21(19)26/h5,7-9,13,16H,1,6,10-11H2,2-4H3,(H,27,29)(H,28,30,31)/t13-,16+/m0/s1/i2D3,3D3,4D3. The highest BCUT2D eigenvalue weighted by Crippen LogP contribution is 2.46. The Morgan fingerprint density at radius 3 is 2.71 bits per heavy atom. The second-order valence-corrected chi connectivity index (χ2v) is 8.37. The van der Waals surface area contributed by atoms with Crippen molar-refractivity contribution in [3.05, 3.63) is 41.0 Å². The highest BCUT2D eigenvalue weighted by Gasteiger charge is 2.30. The predicted molar refractivity (Wildman–Crippen MR) is 137 cm³/mol. The summed E-state index contributed by atoms with van der Waals surface area (Å²) in [5.74, 6) is -1.46. The van der Waals surface area contributed by atoms with Gasteiger partial charge in [-0.25, -0.2) is 15.0 Å². The third-order valence-electron chi connectivity index (χ3n) is 5.50. The topological polar surface area (TPSA) is 107 Å². The molecule has 2 N–H and O–H groups in total. The van der Waals surface area contributed by atoms with Crippen LogP contribution in [0.25, 0.3) is 22.2 Å². The minimum absolute atomic E-state index is 0.0705. The number of anilines is 2. The number of aromatic nitrogens is 3. The molecule has 1 aliphatic heterocycles. The molecular weight excluding hydrogens is 493 g/mol. The average molecular weight is 527 g/mol. The number of ether oxygens (including phenoxy) is 3. The largest absolute Gasteiger partial charge is 0.495 e. The number of ketones is 1. The number of hydrogen-bond donors (Lipinski definition) is 2. The Hall–Kier alpha value is -3.14. The number of nitrogens with one attached hydrogen (secondary N) is 2. The van der Waals surface area contributed by atoms with Gasteiger partial charge in [0.1, 0.15) is 17.0 Å². The molecule has 1 aliphatic rings. The first kappa shape index (κ1) is 15.8. The van der Waals surface area contributed by atoms with Crippen molar-refractivity contribution in [2.24, 2.45) is 5.92 Å². The van der Waals surface area contributed by atoms with E-state index in [1.807, 2.05) is 0 Å².